The van der Waals surface area contributed by atoms with E-state index in [4.69, 9.17) is 0 Å². The minimum Gasteiger partial charge on any atom is -0.0663 e. The highest BCUT2D eigenvalue weighted by Crippen LogP contribution is 2.55. The summed E-state index contributed by atoms with van der Waals surface area (Å²) >= 11 is 0. The SMILES string of the molecule is c1ccc(-c2ccc3c(c2)-c2cc(-c4ccccc4)ccc2B3c2cccc3c2-c2ccccc2C3(c2ccccc2)c2ccccc2)cc1. The molecule has 0 fully saturated rings. The fourth-order valence-electron chi connectivity index (χ4n) is 8.97. The predicted molar refractivity (Wildman–Crippen MR) is 211 cm³/mol. The summed E-state index contributed by atoms with van der Waals surface area (Å²) in [5.74, 6) is 0. The van der Waals surface area contributed by atoms with E-state index >= 15 is 0 Å². The normalized spacial score (nSPS) is 13.3. The first kappa shape index (κ1) is 28.8. The first-order valence-corrected chi connectivity index (χ1v) is 17.6. The fourth-order valence-corrected chi connectivity index (χ4v) is 8.97. The average Bonchev–Trinajstić information content (AvgIpc) is 3.69. The molecule has 1 heterocycles. The molecule has 0 saturated carbocycles. The number of rotatable bonds is 5. The maximum atomic E-state index is 2.42. The molecular formula is C49H33B. The van der Waals surface area contributed by atoms with Crippen molar-refractivity contribution in [3.8, 4) is 44.5 Å². The lowest BCUT2D eigenvalue weighted by molar-refractivity contribution is 0.769. The van der Waals surface area contributed by atoms with Gasteiger partial charge < -0.3 is 0 Å². The summed E-state index contributed by atoms with van der Waals surface area (Å²) in [4.78, 5) is 0. The smallest absolute Gasteiger partial charge is 0.0663 e. The topological polar surface area (TPSA) is 0 Å². The molecule has 1 heteroatoms. The molecule has 0 spiro atoms. The summed E-state index contributed by atoms with van der Waals surface area (Å²) < 4.78 is 0. The van der Waals surface area contributed by atoms with E-state index in [0.717, 1.165) is 0 Å². The van der Waals surface area contributed by atoms with Crippen LogP contribution in [0.4, 0.5) is 0 Å². The van der Waals surface area contributed by atoms with E-state index in [1.54, 1.807) is 0 Å². The third-order valence-electron chi connectivity index (χ3n) is 11.1. The summed E-state index contributed by atoms with van der Waals surface area (Å²) in [6.45, 7) is 0.0972. The Kier molecular flexibility index (Phi) is 6.61. The Morgan fingerprint density at radius 1 is 0.300 bits per heavy atom. The second-order valence-corrected chi connectivity index (χ2v) is 13.6. The monoisotopic (exact) mass is 632 g/mol. The molecule has 0 amide bonds. The lowest BCUT2D eigenvalue weighted by Gasteiger charge is -2.34. The van der Waals surface area contributed by atoms with Crippen LogP contribution in [-0.4, -0.2) is 6.71 Å². The molecular weight excluding hydrogens is 599 g/mol. The highest BCUT2D eigenvalue weighted by atomic mass is 14.5. The van der Waals surface area contributed by atoms with Gasteiger partial charge in [-0.3, -0.25) is 0 Å². The van der Waals surface area contributed by atoms with E-state index in [9.17, 15) is 0 Å². The van der Waals surface area contributed by atoms with Gasteiger partial charge in [-0.25, -0.2) is 0 Å². The van der Waals surface area contributed by atoms with Crippen LogP contribution >= 0.6 is 0 Å². The molecule has 50 heavy (non-hydrogen) atoms. The first-order chi connectivity index (χ1) is 24.8. The van der Waals surface area contributed by atoms with E-state index in [1.165, 1.54) is 83.1 Å². The second kappa shape index (κ2) is 11.5. The summed E-state index contributed by atoms with van der Waals surface area (Å²) in [6, 6.07) is 74.2. The standard InChI is InChI=1S/C49H33B/c1-5-16-34(17-6-1)36-28-30-45-41(32-36)42-33-37(35-18-7-2-8-19-35)29-31-46(42)50(45)47-27-15-26-44-48(47)40-24-13-14-25-43(40)49(44,38-20-9-3-10-21-38)39-22-11-4-12-23-39/h1-33H. The molecule has 0 N–H and O–H groups in total. The van der Waals surface area contributed by atoms with Crippen molar-refractivity contribution in [3.05, 3.63) is 222 Å². The quantitative estimate of drug-likeness (QED) is 0.166. The lowest BCUT2D eigenvalue weighted by atomic mass is 9.38. The van der Waals surface area contributed by atoms with Crippen molar-refractivity contribution in [1.29, 1.82) is 0 Å². The second-order valence-electron chi connectivity index (χ2n) is 13.6. The number of fused-ring (bicyclic) bond motifs is 6. The van der Waals surface area contributed by atoms with E-state index in [1.807, 2.05) is 0 Å². The molecule has 10 rings (SSSR count). The van der Waals surface area contributed by atoms with Crippen molar-refractivity contribution < 1.29 is 0 Å². The maximum Gasteiger partial charge on any atom is 0.243 e. The van der Waals surface area contributed by atoms with E-state index < -0.39 is 5.41 Å². The molecule has 2 aliphatic rings. The third-order valence-corrected chi connectivity index (χ3v) is 11.1. The Labute approximate surface area is 294 Å². The van der Waals surface area contributed by atoms with Gasteiger partial charge in [0.2, 0.25) is 6.71 Å². The van der Waals surface area contributed by atoms with Crippen LogP contribution in [0.15, 0.2) is 200 Å². The van der Waals surface area contributed by atoms with Crippen molar-refractivity contribution in [2.24, 2.45) is 0 Å². The van der Waals surface area contributed by atoms with E-state index in [-0.39, 0.29) is 6.71 Å². The Morgan fingerprint density at radius 2 is 0.760 bits per heavy atom. The van der Waals surface area contributed by atoms with Crippen LogP contribution in [-0.2, 0) is 5.41 Å². The number of hydrogen-bond acceptors (Lipinski definition) is 0. The minimum absolute atomic E-state index is 0.0972. The fraction of sp³-hybridized carbons (Fsp3) is 0.0204. The van der Waals surface area contributed by atoms with Crippen LogP contribution in [0.3, 0.4) is 0 Å². The van der Waals surface area contributed by atoms with Crippen LogP contribution in [0.2, 0.25) is 0 Å². The Balaban J connectivity index is 1.26. The molecule has 0 atom stereocenters. The van der Waals surface area contributed by atoms with Crippen LogP contribution in [0, 0.1) is 0 Å². The first-order valence-electron chi connectivity index (χ1n) is 17.6. The van der Waals surface area contributed by atoms with Gasteiger partial charge in [-0.2, -0.15) is 0 Å². The molecule has 0 unspecified atom stereocenters. The summed E-state index contributed by atoms with van der Waals surface area (Å²) in [5, 5.41) is 0. The van der Waals surface area contributed by atoms with Crippen LogP contribution in [0.25, 0.3) is 44.5 Å². The highest BCUT2D eigenvalue weighted by molar-refractivity contribution is 6.99. The molecule has 1 aliphatic heterocycles. The predicted octanol–water partition coefficient (Wildman–Crippen LogP) is 9.88. The van der Waals surface area contributed by atoms with Gasteiger partial charge in [-0.1, -0.05) is 204 Å². The molecule has 8 aromatic rings. The molecule has 0 radical (unpaired) electrons. The largest absolute Gasteiger partial charge is 0.243 e. The van der Waals surface area contributed by atoms with E-state index in [2.05, 4.69) is 200 Å². The Bertz CT molecular complexity index is 2390. The minimum atomic E-state index is -0.428. The van der Waals surface area contributed by atoms with Crippen molar-refractivity contribution in [2.75, 3.05) is 0 Å². The van der Waals surface area contributed by atoms with Gasteiger partial charge in [-0.15, -0.1) is 0 Å². The van der Waals surface area contributed by atoms with Gasteiger partial charge in [-0.05, 0) is 78.9 Å². The maximum absolute atomic E-state index is 2.42. The molecule has 1 aliphatic carbocycles. The van der Waals surface area contributed by atoms with Crippen LogP contribution in [0.1, 0.15) is 22.3 Å². The molecule has 8 aromatic carbocycles. The molecule has 232 valence electrons. The number of benzene rings is 8. The zero-order chi connectivity index (χ0) is 33.1. The highest BCUT2D eigenvalue weighted by Gasteiger charge is 2.48. The molecule has 0 aromatic heterocycles. The summed E-state index contributed by atoms with van der Waals surface area (Å²) in [5.41, 5.74) is 19.3. The van der Waals surface area contributed by atoms with Crippen molar-refractivity contribution in [3.63, 3.8) is 0 Å². The van der Waals surface area contributed by atoms with Crippen molar-refractivity contribution in [2.45, 2.75) is 5.41 Å². The van der Waals surface area contributed by atoms with Crippen LogP contribution in [0.5, 0.6) is 0 Å². The van der Waals surface area contributed by atoms with Gasteiger partial charge >= 0.3 is 0 Å². The molecule has 0 nitrogen and oxygen atoms in total. The average molecular weight is 633 g/mol. The van der Waals surface area contributed by atoms with Crippen molar-refractivity contribution >= 4 is 23.1 Å². The lowest BCUT2D eigenvalue weighted by Crippen LogP contribution is -2.50. The Morgan fingerprint density at radius 3 is 1.30 bits per heavy atom. The summed E-state index contributed by atoms with van der Waals surface area (Å²) in [7, 11) is 0. The molecule has 0 saturated heterocycles. The number of hydrogen-bond donors (Lipinski definition) is 0. The van der Waals surface area contributed by atoms with Gasteiger partial charge in [0.05, 0.1) is 5.41 Å². The van der Waals surface area contributed by atoms with Crippen LogP contribution < -0.4 is 16.4 Å². The van der Waals surface area contributed by atoms with Crippen molar-refractivity contribution in [1.82, 2.24) is 0 Å². The van der Waals surface area contributed by atoms with Gasteiger partial charge in [0.15, 0.2) is 0 Å². The van der Waals surface area contributed by atoms with Gasteiger partial charge in [0.25, 0.3) is 0 Å². The Hall–Kier alpha value is -6.18. The van der Waals surface area contributed by atoms with Gasteiger partial charge in [0.1, 0.15) is 0 Å². The van der Waals surface area contributed by atoms with Gasteiger partial charge in [0, 0.05) is 0 Å². The zero-order valence-corrected chi connectivity index (χ0v) is 27.6. The summed E-state index contributed by atoms with van der Waals surface area (Å²) in [6.07, 6.45) is 0. The third kappa shape index (κ3) is 4.20. The zero-order valence-electron chi connectivity index (χ0n) is 27.6. The molecule has 0 bridgehead atoms. The van der Waals surface area contributed by atoms with E-state index in [0.29, 0.717) is 0 Å².